The Hall–Kier alpha value is -3.63. The van der Waals surface area contributed by atoms with E-state index in [9.17, 15) is 9.59 Å². The first-order valence-corrected chi connectivity index (χ1v) is 9.16. The topological polar surface area (TPSA) is 73.8 Å². The summed E-state index contributed by atoms with van der Waals surface area (Å²) in [4.78, 5) is 29.5. The monoisotopic (exact) mass is 390 g/mol. The minimum atomic E-state index is -0.727. The molecule has 28 heavy (non-hydrogen) atoms. The number of amides is 1. The third-order valence-corrected chi connectivity index (χ3v) is 5.25. The number of carbonyl (C=O) groups is 1. The molecule has 0 spiro atoms. The van der Waals surface area contributed by atoms with Gasteiger partial charge in [-0.3, -0.25) is 4.79 Å². The van der Waals surface area contributed by atoms with Gasteiger partial charge in [-0.15, -0.1) is 6.42 Å². The van der Waals surface area contributed by atoms with E-state index in [1.807, 2.05) is 18.2 Å². The highest BCUT2D eigenvalue weighted by atomic mass is 32.1. The van der Waals surface area contributed by atoms with Gasteiger partial charge < -0.3 is 13.7 Å². The maximum absolute atomic E-state index is 12.8. The number of rotatable bonds is 3. The smallest absolute Gasteiger partial charge is 0.349 e. The van der Waals surface area contributed by atoms with Gasteiger partial charge in [0.05, 0.1) is 18.4 Å². The average molecular weight is 390 g/mol. The highest BCUT2D eigenvalue weighted by Crippen LogP contribution is 2.27. The van der Waals surface area contributed by atoms with Gasteiger partial charge in [-0.05, 0) is 24.3 Å². The van der Waals surface area contributed by atoms with Crippen LogP contribution in [0.1, 0.15) is 10.4 Å². The van der Waals surface area contributed by atoms with E-state index in [2.05, 4.69) is 10.9 Å². The largest absolute Gasteiger partial charge is 0.495 e. The van der Waals surface area contributed by atoms with Crippen molar-refractivity contribution in [3.05, 3.63) is 69.3 Å². The number of nitrogens with zero attached hydrogens (tertiary/aromatic N) is 2. The number of hydrogen-bond donors (Lipinski definition) is 0. The van der Waals surface area contributed by atoms with E-state index in [0.29, 0.717) is 21.5 Å². The van der Waals surface area contributed by atoms with Crippen molar-refractivity contribution in [1.82, 2.24) is 4.57 Å². The molecule has 1 amide bonds. The molecule has 0 saturated heterocycles. The molecule has 4 aromatic rings. The predicted octanol–water partition coefficient (Wildman–Crippen LogP) is 3.19. The summed E-state index contributed by atoms with van der Waals surface area (Å²) in [5.41, 5.74) is 0.313. The van der Waals surface area contributed by atoms with Gasteiger partial charge in [-0.2, -0.15) is 4.99 Å². The number of benzene rings is 2. The van der Waals surface area contributed by atoms with Crippen molar-refractivity contribution in [3.63, 3.8) is 0 Å². The van der Waals surface area contributed by atoms with Gasteiger partial charge in [0.15, 0.2) is 4.80 Å². The molecule has 2 heterocycles. The van der Waals surface area contributed by atoms with Crippen LogP contribution in [0.25, 0.3) is 21.2 Å². The lowest BCUT2D eigenvalue weighted by Crippen LogP contribution is -2.19. The molecule has 7 heteroatoms. The number of carbonyl (C=O) groups excluding carboxylic acids is 1. The normalized spacial score (nSPS) is 11.6. The summed E-state index contributed by atoms with van der Waals surface area (Å²) < 4.78 is 13.2. The first kappa shape index (κ1) is 17.8. The van der Waals surface area contributed by atoms with Gasteiger partial charge in [-0.1, -0.05) is 41.5 Å². The van der Waals surface area contributed by atoms with E-state index in [-0.39, 0.29) is 12.1 Å². The highest BCUT2D eigenvalue weighted by Gasteiger charge is 2.15. The van der Waals surface area contributed by atoms with E-state index in [1.54, 1.807) is 35.9 Å². The van der Waals surface area contributed by atoms with Crippen LogP contribution in [-0.4, -0.2) is 17.6 Å². The molecule has 0 saturated carbocycles. The molecule has 0 aliphatic rings. The molecule has 138 valence electrons. The Labute approximate surface area is 163 Å². The zero-order chi connectivity index (χ0) is 19.7. The van der Waals surface area contributed by atoms with Crippen molar-refractivity contribution in [2.45, 2.75) is 6.54 Å². The van der Waals surface area contributed by atoms with Crippen molar-refractivity contribution in [3.8, 4) is 18.1 Å². The van der Waals surface area contributed by atoms with Crippen LogP contribution in [0.5, 0.6) is 5.75 Å². The van der Waals surface area contributed by atoms with Crippen LogP contribution in [0.15, 0.2) is 62.7 Å². The lowest BCUT2D eigenvalue weighted by atomic mass is 10.2. The van der Waals surface area contributed by atoms with Crippen LogP contribution in [0.4, 0.5) is 0 Å². The molecule has 0 bridgehead atoms. The summed E-state index contributed by atoms with van der Waals surface area (Å²) in [7, 11) is 1.56. The summed E-state index contributed by atoms with van der Waals surface area (Å²) in [6.45, 7) is 0.207. The molecule has 0 aliphatic heterocycles. The summed E-state index contributed by atoms with van der Waals surface area (Å²) in [5.74, 6) is 2.51. The molecule has 6 nitrogen and oxygen atoms in total. The predicted molar refractivity (Wildman–Crippen MR) is 108 cm³/mol. The number of fused-ring (bicyclic) bond motifs is 2. The van der Waals surface area contributed by atoms with E-state index in [0.717, 1.165) is 10.2 Å². The molecule has 0 radical (unpaired) electrons. The number of ether oxygens (including phenoxy) is 1. The van der Waals surface area contributed by atoms with Crippen LogP contribution in [-0.2, 0) is 6.54 Å². The summed E-state index contributed by atoms with van der Waals surface area (Å²) >= 11 is 1.29. The number of methoxy groups -OCH3 is 1. The lowest BCUT2D eigenvalue weighted by molar-refractivity contribution is 0.0994. The first-order valence-electron chi connectivity index (χ1n) is 8.34. The van der Waals surface area contributed by atoms with Crippen LogP contribution in [0, 0.1) is 12.3 Å². The van der Waals surface area contributed by atoms with E-state index < -0.39 is 11.5 Å². The standard InChI is InChI=1S/C21H14N2O4S/c1-3-11-23-18-16(26-2)9-6-10-17(18)28-21(23)22-19(24)14-12-13-7-4-5-8-15(13)27-20(14)25/h1,4-10,12H,11H2,2H3. The minimum Gasteiger partial charge on any atom is -0.495 e. The second-order valence-corrected chi connectivity index (χ2v) is 6.89. The average Bonchev–Trinajstić information content (AvgIpc) is 3.05. The van der Waals surface area contributed by atoms with Gasteiger partial charge in [0.2, 0.25) is 0 Å². The molecule has 0 atom stereocenters. The second kappa shape index (κ2) is 7.18. The van der Waals surface area contributed by atoms with Gasteiger partial charge >= 0.3 is 5.63 Å². The van der Waals surface area contributed by atoms with E-state index >= 15 is 0 Å². The summed E-state index contributed by atoms with van der Waals surface area (Å²) in [6.07, 6.45) is 5.50. The zero-order valence-corrected chi connectivity index (χ0v) is 15.7. The Bertz CT molecular complexity index is 1390. The van der Waals surface area contributed by atoms with Gasteiger partial charge in [0.1, 0.15) is 22.4 Å². The molecule has 0 fully saturated rings. The maximum Gasteiger partial charge on any atom is 0.349 e. The van der Waals surface area contributed by atoms with Gasteiger partial charge in [0, 0.05) is 5.39 Å². The number of hydrogen-bond acceptors (Lipinski definition) is 5. The molecule has 2 aromatic heterocycles. The SMILES string of the molecule is C#CCn1c(=NC(=O)c2cc3ccccc3oc2=O)sc2cccc(OC)c21. The number of thiazole rings is 1. The molecule has 4 rings (SSSR count). The fraction of sp³-hybridized carbons (Fsp3) is 0.0952. The first-order chi connectivity index (χ1) is 13.6. The van der Waals surface area contributed by atoms with Crippen molar-refractivity contribution < 1.29 is 13.9 Å². The van der Waals surface area contributed by atoms with E-state index in [1.165, 1.54) is 17.4 Å². The minimum absolute atomic E-state index is 0.129. The third kappa shape index (κ3) is 3.00. The number of aromatic nitrogens is 1. The summed E-state index contributed by atoms with van der Waals surface area (Å²) in [6, 6.07) is 14.0. The number of para-hydroxylation sites is 2. The Balaban J connectivity index is 1.92. The lowest BCUT2D eigenvalue weighted by Gasteiger charge is -2.05. The van der Waals surface area contributed by atoms with Crippen molar-refractivity contribution in [2.75, 3.05) is 7.11 Å². The molecule has 0 N–H and O–H groups in total. The van der Waals surface area contributed by atoms with Crippen LogP contribution < -0.4 is 15.2 Å². The number of terminal acetylenes is 1. The van der Waals surface area contributed by atoms with Crippen molar-refractivity contribution in [1.29, 1.82) is 0 Å². The second-order valence-electron chi connectivity index (χ2n) is 5.88. The fourth-order valence-electron chi connectivity index (χ4n) is 2.94. The zero-order valence-electron chi connectivity index (χ0n) is 14.8. The van der Waals surface area contributed by atoms with Gasteiger partial charge in [0.25, 0.3) is 5.91 Å². The Morgan fingerprint density at radius 2 is 2.11 bits per heavy atom. The van der Waals surface area contributed by atoms with Crippen LogP contribution >= 0.6 is 11.3 Å². The van der Waals surface area contributed by atoms with E-state index in [4.69, 9.17) is 15.6 Å². The Morgan fingerprint density at radius 1 is 1.29 bits per heavy atom. The molecular formula is C21H14N2O4S. The Morgan fingerprint density at radius 3 is 2.89 bits per heavy atom. The quantitative estimate of drug-likeness (QED) is 0.398. The van der Waals surface area contributed by atoms with Crippen LogP contribution in [0.3, 0.4) is 0 Å². The fourth-order valence-corrected chi connectivity index (χ4v) is 3.99. The third-order valence-electron chi connectivity index (χ3n) is 4.20. The van der Waals surface area contributed by atoms with Crippen molar-refractivity contribution >= 4 is 38.4 Å². The van der Waals surface area contributed by atoms with Gasteiger partial charge in [-0.25, -0.2) is 4.79 Å². The highest BCUT2D eigenvalue weighted by molar-refractivity contribution is 7.16. The molecule has 0 unspecified atom stereocenters. The maximum atomic E-state index is 12.8. The Kier molecular flexibility index (Phi) is 4.55. The molecule has 2 aromatic carbocycles. The van der Waals surface area contributed by atoms with Crippen molar-refractivity contribution in [2.24, 2.45) is 4.99 Å². The summed E-state index contributed by atoms with van der Waals surface area (Å²) in [5, 5.41) is 0.648. The molecular weight excluding hydrogens is 376 g/mol. The van der Waals surface area contributed by atoms with Crippen LogP contribution in [0.2, 0.25) is 0 Å². The molecule has 0 aliphatic carbocycles.